The van der Waals surface area contributed by atoms with E-state index >= 15 is 0 Å². The largest absolute Gasteiger partial charge is 0.373 e. The van der Waals surface area contributed by atoms with Crippen molar-refractivity contribution >= 4 is 39.6 Å². The molecule has 1 N–H and O–H groups in total. The third-order valence-electron chi connectivity index (χ3n) is 6.19. The highest BCUT2D eigenvalue weighted by Crippen LogP contribution is 2.52. The van der Waals surface area contributed by atoms with E-state index in [1.165, 1.54) is 26.8 Å². The standard InChI is InChI=1S/C26H25NOS/c1-26(2)14-20-23-19-7-5-4-6-16(19)10-13-21(23)27-25(24(20)22(28)15-26)17-8-11-18(29-3)12-9-17/h4-13,25,27H,14-15H2,1-3H3. The molecule has 146 valence electrons. The van der Waals surface area contributed by atoms with E-state index in [4.69, 9.17) is 0 Å². The zero-order valence-corrected chi connectivity index (χ0v) is 17.9. The lowest BCUT2D eigenvalue weighted by Crippen LogP contribution is -2.33. The lowest BCUT2D eigenvalue weighted by atomic mass is 9.68. The molecule has 0 fully saturated rings. The van der Waals surface area contributed by atoms with Gasteiger partial charge in [-0.25, -0.2) is 0 Å². The van der Waals surface area contributed by atoms with Gasteiger partial charge < -0.3 is 5.32 Å². The van der Waals surface area contributed by atoms with E-state index in [2.05, 4.69) is 86.1 Å². The fourth-order valence-electron chi connectivity index (χ4n) is 4.88. The lowest BCUT2D eigenvalue weighted by Gasteiger charge is -2.40. The molecule has 0 radical (unpaired) electrons. The van der Waals surface area contributed by atoms with Gasteiger partial charge in [0.2, 0.25) is 0 Å². The van der Waals surface area contributed by atoms with E-state index in [9.17, 15) is 4.79 Å². The van der Waals surface area contributed by atoms with Crippen LogP contribution in [0.3, 0.4) is 0 Å². The molecule has 5 rings (SSSR count). The fraction of sp³-hybridized carbons (Fsp3) is 0.269. The monoisotopic (exact) mass is 399 g/mol. The molecule has 3 aromatic carbocycles. The summed E-state index contributed by atoms with van der Waals surface area (Å²) in [5.74, 6) is 0.279. The minimum absolute atomic E-state index is 0.0191. The molecular formula is C26H25NOS. The zero-order valence-electron chi connectivity index (χ0n) is 17.1. The molecule has 0 saturated heterocycles. The maximum atomic E-state index is 13.4. The number of fused-ring (bicyclic) bond motifs is 4. The topological polar surface area (TPSA) is 29.1 Å². The first kappa shape index (κ1) is 18.5. The first-order valence-corrected chi connectivity index (χ1v) is 11.4. The van der Waals surface area contributed by atoms with Gasteiger partial charge in [-0.1, -0.05) is 56.3 Å². The van der Waals surface area contributed by atoms with Crippen LogP contribution in [0, 0.1) is 5.41 Å². The second-order valence-electron chi connectivity index (χ2n) is 8.89. The number of anilines is 1. The molecule has 29 heavy (non-hydrogen) atoms. The van der Waals surface area contributed by atoms with Crippen LogP contribution in [0.1, 0.15) is 43.9 Å². The van der Waals surface area contributed by atoms with E-state index in [1.807, 2.05) is 0 Å². The van der Waals surface area contributed by atoms with Crippen LogP contribution < -0.4 is 5.32 Å². The second-order valence-corrected chi connectivity index (χ2v) is 9.77. The average Bonchev–Trinajstić information content (AvgIpc) is 2.72. The summed E-state index contributed by atoms with van der Waals surface area (Å²) < 4.78 is 0. The van der Waals surface area contributed by atoms with Gasteiger partial charge in [-0.15, -0.1) is 11.8 Å². The highest BCUT2D eigenvalue weighted by molar-refractivity contribution is 7.98. The Balaban J connectivity index is 1.76. The van der Waals surface area contributed by atoms with Gasteiger partial charge in [0.1, 0.15) is 0 Å². The van der Waals surface area contributed by atoms with Gasteiger partial charge in [0.05, 0.1) is 6.04 Å². The Morgan fingerprint density at radius 3 is 2.48 bits per heavy atom. The highest BCUT2D eigenvalue weighted by Gasteiger charge is 2.40. The number of hydrogen-bond acceptors (Lipinski definition) is 3. The number of benzene rings is 3. The van der Waals surface area contributed by atoms with Gasteiger partial charge in [-0.2, -0.15) is 0 Å². The van der Waals surface area contributed by atoms with Gasteiger partial charge in [-0.05, 0) is 58.2 Å². The van der Waals surface area contributed by atoms with Gasteiger partial charge in [0.25, 0.3) is 0 Å². The van der Waals surface area contributed by atoms with Crippen LogP contribution in [0.25, 0.3) is 16.3 Å². The first-order chi connectivity index (χ1) is 14.0. The number of carbonyl (C=O) groups is 1. The molecule has 0 spiro atoms. The predicted molar refractivity (Wildman–Crippen MR) is 123 cm³/mol. The number of nitrogens with one attached hydrogen (secondary N) is 1. The minimum atomic E-state index is -0.0850. The maximum absolute atomic E-state index is 13.4. The van der Waals surface area contributed by atoms with Crippen molar-refractivity contribution in [2.45, 2.75) is 37.6 Å². The molecule has 0 amide bonds. The minimum Gasteiger partial charge on any atom is -0.373 e. The number of rotatable bonds is 2. The number of allylic oxidation sites excluding steroid dienone is 1. The second kappa shape index (κ2) is 6.77. The molecule has 0 saturated carbocycles. The Morgan fingerprint density at radius 1 is 0.966 bits per heavy atom. The van der Waals surface area contributed by atoms with Crippen LogP contribution in [0.5, 0.6) is 0 Å². The lowest BCUT2D eigenvalue weighted by molar-refractivity contribution is -0.118. The number of hydrogen-bond donors (Lipinski definition) is 1. The Morgan fingerprint density at radius 2 is 1.72 bits per heavy atom. The predicted octanol–water partition coefficient (Wildman–Crippen LogP) is 6.87. The Kier molecular flexibility index (Phi) is 4.32. The van der Waals surface area contributed by atoms with E-state index in [1.54, 1.807) is 11.8 Å². The van der Waals surface area contributed by atoms with Crippen molar-refractivity contribution in [1.29, 1.82) is 0 Å². The summed E-state index contributed by atoms with van der Waals surface area (Å²) in [6.45, 7) is 4.42. The molecule has 1 aliphatic heterocycles. The van der Waals surface area contributed by atoms with Gasteiger partial charge in [0.15, 0.2) is 5.78 Å². The maximum Gasteiger partial charge on any atom is 0.162 e. The molecule has 3 heteroatoms. The average molecular weight is 400 g/mol. The van der Waals surface area contributed by atoms with E-state index in [-0.39, 0.29) is 17.2 Å². The summed E-state index contributed by atoms with van der Waals surface area (Å²) in [5, 5.41) is 6.16. The number of carbonyl (C=O) groups excluding carboxylic acids is 1. The Labute approximate surface area is 176 Å². The molecule has 2 aliphatic rings. The Bertz CT molecular complexity index is 1160. The molecule has 3 aromatic rings. The van der Waals surface area contributed by atoms with Crippen molar-refractivity contribution in [2.24, 2.45) is 5.41 Å². The van der Waals surface area contributed by atoms with Crippen LogP contribution >= 0.6 is 11.8 Å². The van der Waals surface area contributed by atoms with Gasteiger partial charge >= 0.3 is 0 Å². The fourth-order valence-corrected chi connectivity index (χ4v) is 5.29. The quantitative estimate of drug-likeness (QED) is 0.477. The van der Waals surface area contributed by atoms with E-state index in [0.29, 0.717) is 6.42 Å². The van der Waals surface area contributed by atoms with E-state index in [0.717, 1.165) is 23.2 Å². The number of Topliss-reactive ketones (excluding diaryl/α,β-unsaturated/α-hetero) is 1. The zero-order chi connectivity index (χ0) is 20.2. The normalized spacial score (nSPS) is 20.2. The van der Waals surface area contributed by atoms with Crippen molar-refractivity contribution in [2.75, 3.05) is 11.6 Å². The summed E-state index contributed by atoms with van der Waals surface area (Å²) >= 11 is 1.74. The van der Waals surface area contributed by atoms with Crippen LogP contribution in [0.15, 0.2) is 71.1 Å². The highest BCUT2D eigenvalue weighted by atomic mass is 32.2. The molecule has 0 bridgehead atoms. The summed E-state index contributed by atoms with van der Waals surface area (Å²) in [4.78, 5) is 14.6. The molecule has 1 atom stereocenters. The SMILES string of the molecule is CSc1ccc(C2Nc3ccc4ccccc4c3C3=C2C(=O)CC(C)(C)C3)cc1. The molecule has 1 unspecified atom stereocenters. The van der Waals surface area contributed by atoms with Crippen molar-refractivity contribution in [3.8, 4) is 0 Å². The van der Waals surface area contributed by atoms with Crippen molar-refractivity contribution in [3.63, 3.8) is 0 Å². The number of ketones is 1. The van der Waals surface area contributed by atoms with Crippen LogP contribution in [0.2, 0.25) is 0 Å². The molecule has 0 aromatic heterocycles. The van der Waals surface area contributed by atoms with Gasteiger partial charge in [0, 0.05) is 28.1 Å². The van der Waals surface area contributed by atoms with Crippen molar-refractivity contribution < 1.29 is 4.79 Å². The summed E-state index contributed by atoms with van der Waals surface area (Å²) in [6, 6.07) is 21.4. The molecular weight excluding hydrogens is 374 g/mol. The van der Waals surface area contributed by atoms with Crippen molar-refractivity contribution in [3.05, 3.63) is 77.4 Å². The first-order valence-electron chi connectivity index (χ1n) is 10.2. The van der Waals surface area contributed by atoms with E-state index < -0.39 is 0 Å². The number of thioether (sulfide) groups is 1. The van der Waals surface area contributed by atoms with Gasteiger partial charge in [-0.3, -0.25) is 4.79 Å². The van der Waals surface area contributed by atoms with Crippen molar-refractivity contribution in [1.82, 2.24) is 0 Å². The molecule has 2 nitrogen and oxygen atoms in total. The summed E-state index contributed by atoms with van der Waals surface area (Å²) in [5.41, 5.74) is 5.68. The molecule has 1 heterocycles. The smallest absolute Gasteiger partial charge is 0.162 e. The Hall–Kier alpha value is -2.52. The molecule has 1 aliphatic carbocycles. The third-order valence-corrected chi connectivity index (χ3v) is 6.93. The van der Waals surface area contributed by atoms with Crippen LogP contribution in [-0.2, 0) is 4.79 Å². The summed E-state index contributed by atoms with van der Waals surface area (Å²) in [6.07, 6.45) is 3.62. The third kappa shape index (κ3) is 3.08. The summed E-state index contributed by atoms with van der Waals surface area (Å²) in [7, 11) is 0. The van der Waals surface area contributed by atoms with Crippen LogP contribution in [0.4, 0.5) is 5.69 Å². The van der Waals surface area contributed by atoms with Crippen LogP contribution in [-0.4, -0.2) is 12.0 Å².